The van der Waals surface area contributed by atoms with E-state index in [1.54, 1.807) is 13.8 Å². The maximum Gasteiger partial charge on any atom is 0.354 e. The van der Waals surface area contributed by atoms with Gasteiger partial charge >= 0.3 is 6.03 Å². The molecule has 0 radical (unpaired) electrons. The third-order valence-corrected chi connectivity index (χ3v) is 8.84. The first-order chi connectivity index (χ1) is 13.6. The molecule has 0 fully saturated rings. The van der Waals surface area contributed by atoms with Crippen LogP contribution in [0.4, 0.5) is 10.5 Å². The van der Waals surface area contributed by atoms with Crippen LogP contribution in [-0.2, 0) is 34.8 Å². The molecular formula is C20H26N4O3S2. The Hall–Kier alpha value is -1.81. The Morgan fingerprint density at radius 1 is 1.38 bits per heavy atom. The summed E-state index contributed by atoms with van der Waals surface area (Å²) in [5.74, 6) is 0.472. The summed E-state index contributed by atoms with van der Waals surface area (Å²) in [6.45, 7) is 5.37. The lowest BCUT2D eigenvalue weighted by molar-refractivity contribution is 0.0783. The van der Waals surface area contributed by atoms with Crippen molar-refractivity contribution in [3.63, 3.8) is 0 Å². The number of rotatable bonds is 3. The lowest BCUT2D eigenvalue weighted by atomic mass is 9.96. The fourth-order valence-electron chi connectivity index (χ4n) is 4.16. The smallest absolute Gasteiger partial charge is 0.354 e. The maximum absolute atomic E-state index is 12.9. The summed E-state index contributed by atoms with van der Waals surface area (Å²) < 4.78 is 16.8. The monoisotopic (exact) mass is 434 g/mol. The quantitative estimate of drug-likeness (QED) is 0.680. The summed E-state index contributed by atoms with van der Waals surface area (Å²) in [7, 11) is -3.45. The lowest BCUT2D eigenvalue weighted by Gasteiger charge is -2.16. The predicted octanol–water partition coefficient (Wildman–Crippen LogP) is 3.84. The Labute approximate surface area is 175 Å². The molecule has 1 heterocycles. The molecule has 0 saturated heterocycles. The molecule has 4 rings (SSSR count). The summed E-state index contributed by atoms with van der Waals surface area (Å²) >= 11 is 1.00. The molecule has 2 aliphatic rings. The fraction of sp³-hybridized carbons (Fsp3) is 0.500. The van der Waals surface area contributed by atoms with E-state index in [9.17, 15) is 14.1 Å². The second-order valence-electron chi connectivity index (χ2n) is 8.38. The lowest BCUT2D eigenvalue weighted by Crippen LogP contribution is -2.18. The topological polar surface area (TPSA) is 118 Å². The van der Waals surface area contributed by atoms with E-state index >= 15 is 0 Å². The highest BCUT2D eigenvalue weighted by molar-refractivity contribution is 7.93. The Bertz CT molecular complexity index is 1110. The molecular weight excluding hydrogens is 408 g/mol. The standard InChI is InChI=1S/C20H26N4O3S2/c1-11-7-8-14-15(11)9-12-5-4-6-13(12)17(14)23-19(25)24-29(21,27)16-10-22-18(28-16)20(2,3)26/h9-11,26H,4-8H2,1-3H3,(H3,21,23,24,25,27)/t11-,29?/m0/s1. The van der Waals surface area contributed by atoms with E-state index in [1.807, 2.05) is 0 Å². The summed E-state index contributed by atoms with van der Waals surface area (Å²) in [5, 5.41) is 19.2. The zero-order chi connectivity index (χ0) is 21.0. The highest BCUT2D eigenvalue weighted by Crippen LogP contribution is 2.43. The van der Waals surface area contributed by atoms with Crippen LogP contribution in [0.25, 0.3) is 0 Å². The molecule has 7 nitrogen and oxygen atoms in total. The minimum atomic E-state index is -3.45. The normalized spacial score (nSPS) is 20.1. The van der Waals surface area contributed by atoms with Crippen molar-refractivity contribution in [1.29, 1.82) is 0 Å². The Balaban J connectivity index is 1.66. The molecule has 0 saturated carbocycles. The zero-order valence-corrected chi connectivity index (χ0v) is 18.5. The number of aromatic nitrogens is 1. The van der Waals surface area contributed by atoms with Gasteiger partial charge in [0.05, 0.1) is 6.20 Å². The molecule has 2 atom stereocenters. The van der Waals surface area contributed by atoms with Crippen molar-refractivity contribution in [2.24, 2.45) is 9.50 Å². The molecule has 4 N–H and O–H groups in total. The Morgan fingerprint density at radius 2 is 2.14 bits per heavy atom. The van der Waals surface area contributed by atoms with Gasteiger partial charge in [-0.2, -0.15) is 0 Å². The van der Waals surface area contributed by atoms with Crippen molar-refractivity contribution in [2.45, 2.75) is 68.6 Å². The molecule has 0 spiro atoms. The van der Waals surface area contributed by atoms with E-state index in [0.29, 0.717) is 10.9 Å². The van der Waals surface area contributed by atoms with Crippen molar-refractivity contribution in [2.75, 3.05) is 5.32 Å². The van der Waals surface area contributed by atoms with Gasteiger partial charge in [0.2, 0.25) is 0 Å². The van der Waals surface area contributed by atoms with Crippen molar-refractivity contribution in [1.82, 2.24) is 4.98 Å². The number of nitrogens with two attached hydrogens (primary N) is 1. The van der Waals surface area contributed by atoms with Crippen LogP contribution >= 0.6 is 11.3 Å². The van der Waals surface area contributed by atoms with Crippen LogP contribution < -0.4 is 10.5 Å². The van der Waals surface area contributed by atoms with E-state index in [-0.39, 0.29) is 4.21 Å². The number of nitrogens with one attached hydrogen (secondary N) is 1. The number of hydrogen-bond acceptors (Lipinski definition) is 5. The largest absolute Gasteiger partial charge is 0.383 e. The number of fused-ring (bicyclic) bond motifs is 2. The van der Waals surface area contributed by atoms with E-state index in [1.165, 1.54) is 28.5 Å². The van der Waals surface area contributed by atoms with Crippen molar-refractivity contribution < 1.29 is 14.1 Å². The van der Waals surface area contributed by atoms with Gasteiger partial charge in [0.25, 0.3) is 0 Å². The molecule has 1 unspecified atom stereocenters. The summed E-state index contributed by atoms with van der Waals surface area (Å²) in [5.41, 5.74) is 4.59. The molecule has 0 bridgehead atoms. The number of benzene rings is 1. The van der Waals surface area contributed by atoms with E-state index in [0.717, 1.165) is 49.1 Å². The van der Waals surface area contributed by atoms with E-state index in [2.05, 4.69) is 27.7 Å². The van der Waals surface area contributed by atoms with Gasteiger partial charge in [-0.05, 0) is 74.1 Å². The minimum absolute atomic E-state index is 0.168. The number of hydrogen-bond donors (Lipinski definition) is 3. The molecule has 1 aromatic carbocycles. The first-order valence-corrected chi connectivity index (χ1v) is 12.2. The van der Waals surface area contributed by atoms with Gasteiger partial charge in [0, 0.05) is 5.69 Å². The first-order valence-electron chi connectivity index (χ1n) is 9.78. The predicted molar refractivity (Wildman–Crippen MR) is 115 cm³/mol. The van der Waals surface area contributed by atoms with Crippen molar-refractivity contribution in [3.05, 3.63) is 39.5 Å². The number of aryl methyl sites for hydroxylation is 1. The summed E-state index contributed by atoms with van der Waals surface area (Å²) in [4.78, 5) is 16.7. The average molecular weight is 435 g/mol. The van der Waals surface area contributed by atoms with Crippen molar-refractivity contribution >= 4 is 33.0 Å². The van der Waals surface area contributed by atoms with E-state index in [4.69, 9.17) is 5.14 Å². The Morgan fingerprint density at radius 3 is 2.83 bits per heavy atom. The van der Waals surface area contributed by atoms with Crippen molar-refractivity contribution in [3.8, 4) is 0 Å². The molecule has 2 aliphatic carbocycles. The van der Waals surface area contributed by atoms with Gasteiger partial charge in [-0.3, -0.25) is 0 Å². The van der Waals surface area contributed by atoms with Gasteiger partial charge in [-0.25, -0.2) is 19.1 Å². The zero-order valence-electron chi connectivity index (χ0n) is 16.8. The van der Waals surface area contributed by atoms with Crippen LogP contribution in [-0.4, -0.2) is 20.3 Å². The number of carbonyl (C=O) groups is 1. The van der Waals surface area contributed by atoms with Gasteiger partial charge in [0.15, 0.2) is 9.92 Å². The van der Waals surface area contributed by atoms with Crippen LogP contribution in [0.5, 0.6) is 0 Å². The van der Waals surface area contributed by atoms with Crippen LogP contribution in [0.1, 0.15) is 66.8 Å². The fourth-order valence-corrected chi connectivity index (χ4v) is 6.23. The average Bonchev–Trinajstić information content (AvgIpc) is 3.33. The third kappa shape index (κ3) is 3.84. The number of urea groups is 1. The van der Waals surface area contributed by atoms with Gasteiger partial charge < -0.3 is 10.4 Å². The highest BCUT2D eigenvalue weighted by Gasteiger charge is 2.29. The first kappa shape index (κ1) is 20.5. The second kappa shape index (κ2) is 7.16. The van der Waals surface area contributed by atoms with Crippen LogP contribution in [0.3, 0.4) is 0 Å². The van der Waals surface area contributed by atoms with Crippen LogP contribution in [0, 0.1) is 0 Å². The number of thiazole rings is 1. The number of carbonyl (C=O) groups excluding carboxylic acids is 1. The maximum atomic E-state index is 12.9. The molecule has 2 aromatic rings. The van der Waals surface area contributed by atoms with Crippen LogP contribution in [0.15, 0.2) is 20.8 Å². The highest BCUT2D eigenvalue weighted by atomic mass is 32.2. The molecule has 2 amide bonds. The SMILES string of the molecule is C[C@H]1CCc2c1cc1c(c2NC(=O)N=S(N)(=O)c2cnc(C(C)(C)O)s2)CCC1. The van der Waals surface area contributed by atoms with Gasteiger partial charge in [-0.1, -0.05) is 13.0 Å². The summed E-state index contributed by atoms with van der Waals surface area (Å²) in [6.07, 6.45) is 6.31. The molecule has 29 heavy (non-hydrogen) atoms. The van der Waals surface area contributed by atoms with E-state index < -0.39 is 21.5 Å². The third-order valence-electron chi connectivity index (χ3n) is 5.65. The van der Waals surface area contributed by atoms with Gasteiger partial charge in [0.1, 0.15) is 14.8 Å². The number of anilines is 1. The summed E-state index contributed by atoms with van der Waals surface area (Å²) in [6, 6.07) is 1.58. The molecule has 1 aromatic heterocycles. The van der Waals surface area contributed by atoms with Gasteiger partial charge in [-0.15, -0.1) is 15.7 Å². The van der Waals surface area contributed by atoms with Crippen LogP contribution in [0.2, 0.25) is 0 Å². The molecule has 0 aliphatic heterocycles. The minimum Gasteiger partial charge on any atom is -0.383 e. The molecule has 9 heteroatoms. The Kier molecular flexibility index (Phi) is 5.05. The molecule has 156 valence electrons. The number of nitrogens with zero attached hydrogens (tertiary/aromatic N) is 2. The second-order valence-corrected chi connectivity index (χ2v) is 11.4. The number of aliphatic hydroxyl groups is 1. The number of amides is 2.